The van der Waals surface area contributed by atoms with Gasteiger partial charge in [-0.05, 0) is 52.4 Å². The molecule has 1 heterocycles. The number of rotatable bonds is 6. The molecule has 1 aliphatic heterocycles. The third-order valence-electron chi connectivity index (χ3n) is 4.17. The molecule has 0 aromatic carbocycles. The summed E-state index contributed by atoms with van der Waals surface area (Å²) in [4.78, 5) is 12.1. The lowest BCUT2D eigenvalue weighted by Crippen LogP contribution is -2.56. The van der Waals surface area contributed by atoms with E-state index in [1.54, 1.807) is 6.92 Å². The molecular formula is C15H27NO4. The van der Waals surface area contributed by atoms with Crippen LogP contribution in [0.25, 0.3) is 0 Å². The van der Waals surface area contributed by atoms with Gasteiger partial charge in [0, 0.05) is 0 Å². The summed E-state index contributed by atoms with van der Waals surface area (Å²) in [5.41, 5.74) is 5.32. The van der Waals surface area contributed by atoms with Gasteiger partial charge in [-0.15, -0.1) is 0 Å². The van der Waals surface area contributed by atoms with E-state index in [2.05, 4.69) is 0 Å². The topological polar surface area (TPSA) is 70.8 Å². The van der Waals surface area contributed by atoms with Gasteiger partial charge in [-0.3, -0.25) is 0 Å². The summed E-state index contributed by atoms with van der Waals surface area (Å²) >= 11 is 0. The summed E-state index contributed by atoms with van der Waals surface area (Å²) in [6.45, 7) is 6.51. The zero-order chi connectivity index (χ0) is 14.8. The lowest BCUT2D eigenvalue weighted by atomic mass is 9.95. The molecule has 5 heteroatoms. The van der Waals surface area contributed by atoms with E-state index in [9.17, 15) is 4.79 Å². The van der Waals surface area contributed by atoms with E-state index >= 15 is 0 Å². The van der Waals surface area contributed by atoms with E-state index in [1.807, 2.05) is 13.8 Å². The van der Waals surface area contributed by atoms with Crippen molar-refractivity contribution in [3.8, 4) is 0 Å². The van der Waals surface area contributed by atoms with Crippen LogP contribution in [0.5, 0.6) is 0 Å². The first-order chi connectivity index (χ1) is 9.45. The van der Waals surface area contributed by atoms with Crippen molar-refractivity contribution in [2.24, 2.45) is 11.7 Å². The monoisotopic (exact) mass is 285 g/mol. The maximum Gasteiger partial charge on any atom is 0.328 e. The Bertz CT molecular complexity index is 335. The molecule has 1 saturated carbocycles. The second-order valence-corrected chi connectivity index (χ2v) is 6.20. The number of carbonyl (C=O) groups is 1. The van der Waals surface area contributed by atoms with Gasteiger partial charge in [-0.1, -0.05) is 0 Å². The van der Waals surface area contributed by atoms with Gasteiger partial charge >= 0.3 is 5.97 Å². The molecule has 2 N–H and O–H groups in total. The largest absolute Gasteiger partial charge is 0.465 e. The maximum absolute atomic E-state index is 12.1. The summed E-state index contributed by atoms with van der Waals surface area (Å²) in [6.07, 6.45) is 4.18. The van der Waals surface area contributed by atoms with Crippen molar-refractivity contribution in [1.82, 2.24) is 0 Å². The van der Waals surface area contributed by atoms with Crippen LogP contribution in [-0.2, 0) is 19.0 Å². The minimum absolute atomic E-state index is 0.116. The third-order valence-corrected chi connectivity index (χ3v) is 4.17. The van der Waals surface area contributed by atoms with Crippen LogP contribution in [0.4, 0.5) is 0 Å². The van der Waals surface area contributed by atoms with Gasteiger partial charge in [-0.2, -0.15) is 0 Å². The Kier molecular flexibility index (Phi) is 5.04. The molecule has 0 amide bonds. The molecule has 1 saturated heterocycles. The number of nitrogens with two attached hydrogens (primary N) is 1. The fourth-order valence-corrected chi connectivity index (χ4v) is 2.94. The summed E-state index contributed by atoms with van der Waals surface area (Å²) < 4.78 is 16.8. The molecule has 2 rings (SSSR count). The van der Waals surface area contributed by atoms with Crippen LogP contribution >= 0.6 is 0 Å². The summed E-state index contributed by atoms with van der Waals surface area (Å²) in [5.74, 6) is -0.119. The van der Waals surface area contributed by atoms with E-state index in [1.165, 1.54) is 0 Å². The van der Waals surface area contributed by atoms with Crippen LogP contribution in [-0.4, -0.2) is 43.0 Å². The fraction of sp³-hybridized carbons (Fsp3) is 0.933. The van der Waals surface area contributed by atoms with E-state index < -0.39 is 5.54 Å². The molecule has 5 nitrogen and oxygen atoms in total. The number of ether oxygens (including phenoxy) is 3. The Morgan fingerprint density at radius 1 is 1.30 bits per heavy atom. The predicted octanol–water partition coefficient (Wildman–Crippen LogP) is 1.63. The molecule has 116 valence electrons. The van der Waals surface area contributed by atoms with Crippen LogP contribution in [0.1, 0.15) is 46.5 Å². The highest BCUT2D eigenvalue weighted by molar-refractivity contribution is 5.81. The van der Waals surface area contributed by atoms with E-state index in [4.69, 9.17) is 19.9 Å². The van der Waals surface area contributed by atoms with E-state index in [0.29, 0.717) is 6.61 Å². The Morgan fingerprint density at radius 2 is 1.90 bits per heavy atom. The first kappa shape index (κ1) is 15.7. The second kappa shape index (κ2) is 6.41. The number of esters is 1. The average Bonchev–Trinajstić information content (AvgIpc) is 3.19. The lowest BCUT2D eigenvalue weighted by molar-refractivity contribution is -0.157. The van der Waals surface area contributed by atoms with Gasteiger partial charge in [0.25, 0.3) is 0 Å². The molecule has 3 atom stereocenters. The van der Waals surface area contributed by atoms with Gasteiger partial charge in [0.15, 0.2) is 0 Å². The number of hydrogen-bond acceptors (Lipinski definition) is 5. The van der Waals surface area contributed by atoms with Gasteiger partial charge < -0.3 is 19.9 Å². The Morgan fingerprint density at radius 3 is 2.40 bits per heavy atom. The second-order valence-electron chi connectivity index (χ2n) is 6.20. The van der Waals surface area contributed by atoms with Gasteiger partial charge in [0.1, 0.15) is 5.54 Å². The third kappa shape index (κ3) is 3.71. The molecule has 20 heavy (non-hydrogen) atoms. The molecule has 0 aromatic rings. The van der Waals surface area contributed by atoms with Crippen molar-refractivity contribution < 1.29 is 19.0 Å². The van der Waals surface area contributed by atoms with Gasteiger partial charge in [0.05, 0.1) is 31.5 Å². The van der Waals surface area contributed by atoms with Crippen LogP contribution < -0.4 is 5.73 Å². The van der Waals surface area contributed by atoms with Crippen LogP contribution in [0.2, 0.25) is 0 Å². The Hall–Kier alpha value is -0.650. The van der Waals surface area contributed by atoms with Crippen molar-refractivity contribution in [3.63, 3.8) is 0 Å². The highest BCUT2D eigenvalue weighted by Gasteiger charge is 2.50. The van der Waals surface area contributed by atoms with Crippen molar-refractivity contribution in [2.75, 3.05) is 13.2 Å². The van der Waals surface area contributed by atoms with Gasteiger partial charge in [0.2, 0.25) is 0 Å². The fourth-order valence-electron chi connectivity index (χ4n) is 2.94. The Balaban J connectivity index is 1.90. The average molecular weight is 285 g/mol. The van der Waals surface area contributed by atoms with Crippen molar-refractivity contribution >= 4 is 5.97 Å². The lowest BCUT2D eigenvalue weighted by Gasteiger charge is -2.34. The SMILES string of the molecule is CCOC(=O)C(N)(COC1CC(C)OC(C)C1)C1CC1. The van der Waals surface area contributed by atoms with Crippen molar-refractivity contribution in [1.29, 1.82) is 0 Å². The van der Waals surface area contributed by atoms with Crippen LogP contribution in [0.3, 0.4) is 0 Å². The van der Waals surface area contributed by atoms with Crippen LogP contribution in [0.15, 0.2) is 0 Å². The molecule has 0 radical (unpaired) electrons. The van der Waals surface area contributed by atoms with Crippen molar-refractivity contribution in [2.45, 2.75) is 70.3 Å². The molecule has 2 fully saturated rings. The van der Waals surface area contributed by atoms with Crippen LogP contribution in [0, 0.1) is 5.92 Å². The molecule has 0 bridgehead atoms. The zero-order valence-electron chi connectivity index (χ0n) is 12.8. The van der Waals surface area contributed by atoms with E-state index in [0.717, 1.165) is 25.7 Å². The minimum atomic E-state index is -0.971. The first-order valence-electron chi connectivity index (χ1n) is 7.68. The zero-order valence-corrected chi connectivity index (χ0v) is 12.8. The molecule has 0 aromatic heterocycles. The highest BCUT2D eigenvalue weighted by Crippen LogP contribution is 2.39. The molecule has 2 aliphatic rings. The standard InChI is InChI=1S/C15H27NO4/c1-4-18-14(17)15(16,12-5-6-12)9-19-13-7-10(2)20-11(3)8-13/h10-13H,4-9,16H2,1-3H3. The number of carbonyl (C=O) groups excluding carboxylic acids is 1. The van der Waals surface area contributed by atoms with Gasteiger partial charge in [-0.25, -0.2) is 4.79 Å². The van der Waals surface area contributed by atoms with Crippen molar-refractivity contribution in [3.05, 3.63) is 0 Å². The maximum atomic E-state index is 12.1. The van der Waals surface area contributed by atoms with E-state index in [-0.39, 0.29) is 36.8 Å². The highest BCUT2D eigenvalue weighted by atomic mass is 16.5. The summed E-state index contributed by atoms with van der Waals surface area (Å²) in [7, 11) is 0. The molecule has 3 unspecified atom stereocenters. The molecule has 0 spiro atoms. The first-order valence-corrected chi connectivity index (χ1v) is 7.68. The molecular weight excluding hydrogens is 258 g/mol. The summed E-state index contributed by atoms with van der Waals surface area (Å²) in [6, 6.07) is 0. The summed E-state index contributed by atoms with van der Waals surface area (Å²) in [5, 5.41) is 0. The smallest absolute Gasteiger partial charge is 0.328 e. The number of hydrogen-bond donors (Lipinski definition) is 1. The quantitative estimate of drug-likeness (QED) is 0.751. The normalized spacial score (nSPS) is 33.5. The predicted molar refractivity (Wildman–Crippen MR) is 75.3 cm³/mol. The minimum Gasteiger partial charge on any atom is -0.465 e. The molecule has 1 aliphatic carbocycles. The Labute approximate surface area is 121 Å².